The summed E-state index contributed by atoms with van der Waals surface area (Å²) >= 11 is 3.39. The molecule has 74 valence electrons. The molecule has 1 unspecified atom stereocenters. The van der Waals surface area contributed by atoms with E-state index in [0.717, 1.165) is 18.4 Å². The third-order valence-electron chi connectivity index (χ3n) is 1.58. The number of hydrogen-bond acceptors (Lipinski definition) is 2. The zero-order chi connectivity index (χ0) is 9.23. The Bertz CT molecular complexity index is 88.6. The van der Waals surface area contributed by atoms with Gasteiger partial charge >= 0.3 is 0 Å². The molecule has 0 N–H and O–H groups in total. The van der Waals surface area contributed by atoms with Crippen molar-refractivity contribution < 1.29 is 9.47 Å². The highest BCUT2D eigenvalue weighted by Gasteiger charge is 1.99. The number of ether oxygens (including phenoxy) is 2. The van der Waals surface area contributed by atoms with Crippen molar-refractivity contribution in [3.63, 3.8) is 0 Å². The minimum Gasteiger partial charge on any atom is -0.382 e. The Kier molecular flexibility index (Phi) is 9.80. The van der Waals surface area contributed by atoms with Gasteiger partial charge in [0.2, 0.25) is 0 Å². The summed E-state index contributed by atoms with van der Waals surface area (Å²) in [4.78, 5) is 0. The van der Waals surface area contributed by atoms with Crippen molar-refractivity contribution in [1.29, 1.82) is 0 Å². The molecule has 0 heterocycles. The van der Waals surface area contributed by atoms with Crippen LogP contribution in [-0.4, -0.2) is 31.8 Å². The number of hydrogen-bond donors (Lipinski definition) is 0. The molecule has 0 aromatic rings. The standard InChI is InChI=1S/C9H19BrO2/c1-9(8-11-2)12-7-5-3-4-6-10/h9H,3-8H2,1-2H3. The Morgan fingerprint density at radius 2 is 2.00 bits per heavy atom. The van der Waals surface area contributed by atoms with Gasteiger partial charge in [0.1, 0.15) is 0 Å². The van der Waals surface area contributed by atoms with Gasteiger partial charge in [0.15, 0.2) is 0 Å². The predicted molar refractivity (Wildman–Crippen MR) is 54.9 cm³/mol. The van der Waals surface area contributed by atoms with Gasteiger partial charge in [-0.2, -0.15) is 0 Å². The van der Waals surface area contributed by atoms with E-state index < -0.39 is 0 Å². The van der Waals surface area contributed by atoms with Crippen LogP contribution in [0.4, 0.5) is 0 Å². The van der Waals surface area contributed by atoms with E-state index >= 15 is 0 Å². The van der Waals surface area contributed by atoms with Crippen molar-refractivity contribution in [2.75, 3.05) is 25.7 Å². The van der Waals surface area contributed by atoms with Gasteiger partial charge in [-0.25, -0.2) is 0 Å². The van der Waals surface area contributed by atoms with Crippen LogP contribution in [0.5, 0.6) is 0 Å². The first-order valence-corrected chi connectivity index (χ1v) is 5.60. The lowest BCUT2D eigenvalue weighted by Gasteiger charge is -2.11. The second-order valence-corrected chi connectivity index (χ2v) is 3.68. The quantitative estimate of drug-likeness (QED) is 0.478. The number of rotatable bonds is 8. The number of methoxy groups -OCH3 is 1. The molecule has 0 aliphatic carbocycles. The lowest BCUT2D eigenvalue weighted by Crippen LogP contribution is -2.15. The van der Waals surface area contributed by atoms with E-state index in [-0.39, 0.29) is 6.10 Å². The van der Waals surface area contributed by atoms with E-state index in [1.807, 2.05) is 6.92 Å². The van der Waals surface area contributed by atoms with E-state index in [1.165, 1.54) is 12.8 Å². The Hall–Kier alpha value is 0.400. The molecule has 0 saturated carbocycles. The summed E-state index contributed by atoms with van der Waals surface area (Å²) in [5.74, 6) is 0. The molecule has 0 rings (SSSR count). The van der Waals surface area contributed by atoms with Gasteiger partial charge in [-0.3, -0.25) is 0 Å². The molecule has 0 saturated heterocycles. The Labute approximate surface area is 83.8 Å². The summed E-state index contributed by atoms with van der Waals surface area (Å²) < 4.78 is 10.4. The summed E-state index contributed by atoms with van der Waals surface area (Å²) in [6.45, 7) is 3.59. The highest BCUT2D eigenvalue weighted by Crippen LogP contribution is 2.00. The molecule has 0 aliphatic rings. The van der Waals surface area contributed by atoms with Crippen molar-refractivity contribution in [2.45, 2.75) is 32.3 Å². The van der Waals surface area contributed by atoms with Crippen LogP contribution in [0.3, 0.4) is 0 Å². The topological polar surface area (TPSA) is 18.5 Å². The molecule has 0 radical (unpaired) electrons. The summed E-state index contributed by atoms with van der Waals surface area (Å²) in [5, 5.41) is 1.10. The summed E-state index contributed by atoms with van der Waals surface area (Å²) in [6, 6.07) is 0. The first-order chi connectivity index (χ1) is 5.81. The van der Waals surface area contributed by atoms with E-state index in [1.54, 1.807) is 7.11 Å². The van der Waals surface area contributed by atoms with Crippen LogP contribution >= 0.6 is 15.9 Å². The van der Waals surface area contributed by atoms with Crippen molar-refractivity contribution in [3.8, 4) is 0 Å². The maximum atomic E-state index is 5.49. The molecule has 0 aliphatic heterocycles. The predicted octanol–water partition coefficient (Wildman–Crippen LogP) is 2.60. The van der Waals surface area contributed by atoms with E-state index in [9.17, 15) is 0 Å². The van der Waals surface area contributed by atoms with Crippen molar-refractivity contribution >= 4 is 15.9 Å². The molecule has 0 fully saturated rings. The highest BCUT2D eigenvalue weighted by molar-refractivity contribution is 9.09. The molecule has 1 atom stereocenters. The molecular formula is C9H19BrO2. The zero-order valence-electron chi connectivity index (χ0n) is 8.01. The Balaban J connectivity index is 2.97. The van der Waals surface area contributed by atoms with Gasteiger partial charge in [-0.05, 0) is 19.8 Å². The molecule has 3 heteroatoms. The maximum absolute atomic E-state index is 5.49. The third-order valence-corrected chi connectivity index (χ3v) is 2.14. The molecule has 0 aromatic heterocycles. The monoisotopic (exact) mass is 238 g/mol. The first-order valence-electron chi connectivity index (χ1n) is 4.47. The van der Waals surface area contributed by atoms with Gasteiger partial charge in [-0.1, -0.05) is 22.4 Å². The van der Waals surface area contributed by atoms with Gasteiger partial charge in [0.05, 0.1) is 12.7 Å². The molecular weight excluding hydrogens is 220 g/mol. The second kappa shape index (κ2) is 9.49. The van der Waals surface area contributed by atoms with Gasteiger partial charge in [0.25, 0.3) is 0 Å². The summed E-state index contributed by atoms with van der Waals surface area (Å²) in [5.41, 5.74) is 0. The Morgan fingerprint density at radius 1 is 1.25 bits per heavy atom. The van der Waals surface area contributed by atoms with Crippen LogP contribution in [-0.2, 0) is 9.47 Å². The fraction of sp³-hybridized carbons (Fsp3) is 1.00. The van der Waals surface area contributed by atoms with Crippen molar-refractivity contribution in [3.05, 3.63) is 0 Å². The van der Waals surface area contributed by atoms with Crippen LogP contribution in [0.25, 0.3) is 0 Å². The minimum absolute atomic E-state index is 0.235. The molecule has 12 heavy (non-hydrogen) atoms. The Morgan fingerprint density at radius 3 is 2.58 bits per heavy atom. The first kappa shape index (κ1) is 12.4. The van der Waals surface area contributed by atoms with Crippen molar-refractivity contribution in [2.24, 2.45) is 0 Å². The second-order valence-electron chi connectivity index (χ2n) is 2.89. The molecule has 0 bridgehead atoms. The smallest absolute Gasteiger partial charge is 0.0780 e. The molecule has 0 amide bonds. The van der Waals surface area contributed by atoms with E-state index in [2.05, 4.69) is 15.9 Å². The van der Waals surface area contributed by atoms with Crippen molar-refractivity contribution in [1.82, 2.24) is 0 Å². The summed E-state index contributed by atoms with van der Waals surface area (Å²) in [6.07, 6.45) is 3.87. The minimum atomic E-state index is 0.235. The number of alkyl halides is 1. The normalized spacial score (nSPS) is 13.2. The SMILES string of the molecule is COCC(C)OCCCCCBr. The van der Waals surface area contributed by atoms with Gasteiger partial charge < -0.3 is 9.47 Å². The van der Waals surface area contributed by atoms with Crippen LogP contribution in [0.1, 0.15) is 26.2 Å². The van der Waals surface area contributed by atoms with Crippen LogP contribution in [0.2, 0.25) is 0 Å². The summed E-state index contributed by atoms with van der Waals surface area (Å²) in [7, 11) is 1.70. The number of unbranched alkanes of at least 4 members (excludes halogenated alkanes) is 2. The van der Waals surface area contributed by atoms with Crippen LogP contribution < -0.4 is 0 Å². The van der Waals surface area contributed by atoms with E-state index in [4.69, 9.17) is 9.47 Å². The molecule has 2 nitrogen and oxygen atoms in total. The average molecular weight is 239 g/mol. The lowest BCUT2D eigenvalue weighted by atomic mass is 10.3. The van der Waals surface area contributed by atoms with Gasteiger partial charge in [-0.15, -0.1) is 0 Å². The highest BCUT2D eigenvalue weighted by atomic mass is 79.9. The fourth-order valence-electron chi connectivity index (χ4n) is 0.941. The molecule has 0 spiro atoms. The fourth-order valence-corrected chi connectivity index (χ4v) is 1.34. The third kappa shape index (κ3) is 8.50. The van der Waals surface area contributed by atoms with Gasteiger partial charge in [0, 0.05) is 19.0 Å². The van der Waals surface area contributed by atoms with E-state index in [0.29, 0.717) is 6.61 Å². The molecule has 0 aromatic carbocycles. The van der Waals surface area contributed by atoms with Crippen LogP contribution in [0, 0.1) is 0 Å². The largest absolute Gasteiger partial charge is 0.382 e. The average Bonchev–Trinajstić information content (AvgIpc) is 2.05. The zero-order valence-corrected chi connectivity index (χ0v) is 9.60. The number of halogens is 1. The van der Waals surface area contributed by atoms with Crippen LogP contribution in [0.15, 0.2) is 0 Å². The maximum Gasteiger partial charge on any atom is 0.0780 e. The lowest BCUT2D eigenvalue weighted by molar-refractivity contribution is 0.00777.